The molecule has 1 aromatic rings. The van der Waals surface area contributed by atoms with Gasteiger partial charge < -0.3 is 9.47 Å². The topological polar surface area (TPSA) is 72.6 Å². The molecular weight excluding hydrogens is 417 g/mol. The quantitative estimate of drug-likeness (QED) is 0.269. The summed E-state index contributed by atoms with van der Waals surface area (Å²) < 4.78 is 25.0. The highest BCUT2D eigenvalue weighted by Crippen LogP contribution is 2.32. The van der Waals surface area contributed by atoms with Crippen molar-refractivity contribution in [3.05, 3.63) is 35.7 Å². The van der Waals surface area contributed by atoms with Crippen LogP contribution >= 0.6 is 11.8 Å². The number of esters is 1. The molecular formula is C23H30FN3O3S. The molecule has 31 heavy (non-hydrogen) atoms. The minimum absolute atomic E-state index is 0.0590. The Morgan fingerprint density at radius 2 is 2.06 bits per heavy atom. The smallest absolute Gasteiger partial charge is 0.309 e. The summed E-state index contributed by atoms with van der Waals surface area (Å²) in [6.45, 7) is 3.89. The molecule has 0 saturated heterocycles. The molecule has 0 spiro atoms. The van der Waals surface area contributed by atoms with Crippen molar-refractivity contribution in [2.24, 2.45) is 15.0 Å². The van der Waals surface area contributed by atoms with Crippen molar-refractivity contribution in [2.75, 3.05) is 12.9 Å². The maximum absolute atomic E-state index is 13.9. The normalized spacial score (nSPS) is 16.3. The minimum atomic E-state index is -0.381. The number of hydrogen-bond donors (Lipinski definition) is 0. The molecule has 168 valence electrons. The Bertz CT molecular complexity index is 846. The van der Waals surface area contributed by atoms with E-state index in [1.807, 2.05) is 6.26 Å². The zero-order chi connectivity index (χ0) is 22.5. The van der Waals surface area contributed by atoms with Crippen LogP contribution in [-0.4, -0.2) is 42.7 Å². The van der Waals surface area contributed by atoms with Crippen LogP contribution in [0.15, 0.2) is 44.8 Å². The number of nitrogens with zero attached hydrogens (tertiary/aromatic N) is 3. The highest BCUT2D eigenvalue weighted by Gasteiger charge is 2.17. The number of carbonyl (C=O) groups excluding carboxylic acids is 1. The Morgan fingerprint density at radius 1 is 1.29 bits per heavy atom. The van der Waals surface area contributed by atoms with Crippen molar-refractivity contribution >= 4 is 41.1 Å². The van der Waals surface area contributed by atoms with Crippen LogP contribution in [0.3, 0.4) is 0 Å². The molecule has 0 atom stereocenters. The first-order valence-corrected chi connectivity index (χ1v) is 11.7. The number of halogens is 1. The summed E-state index contributed by atoms with van der Waals surface area (Å²) in [5, 5.41) is 0. The summed E-state index contributed by atoms with van der Waals surface area (Å²) in [6.07, 6.45) is 10.5. The third-order valence-electron chi connectivity index (χ3n) is 4.53. The first-order chi connectivity index (χ1) is 15.0. The lowest BCUT2D eigenvalue weighted by Gasteiger charge is -2.23. The lowest BCUT2D eigenvalue weighted by Crippen LogP contribution is -2.19. The highest BCUT2D eigenvalue weighted by molar-refractivity contribution is 8.11. The van der Waals surface area contributed by atoms with Gasteiger partial charge in [-0.25, -0.2) is 19.4 Å². The molecule has 8 heteroatoms. The van der Waals surface area contributed by atoms with Gasteiger partial charge in [0.15, 0.2) is 5.84 Å². The van der Waals surface area contributed by atoms with Crippen LogP contribution in [0.4, 0.5) is 10.1 Å². The summed E-state index contributed by atoms with van der Waals surface area (Å²) in [4.78, 5) is 24.7. The monoisotopic (exact) mass is 447 g/mol. The molecule has 1 aromatic carbocycles. The molecule has 1 aliphatic rings. The zero-order valence-electron chi connectivity index (χ0n) is 18.3. The van der Waals surface area contributed by atoms with Gasteiger partial charge in [0.1, 0.15) is 23.6 Å². The molecule has 2 rings (SSSR count). The number of thioether (sulfide) groups is 1. The van der Waals surface area contributed by atoms with Crippen molar-refractivity contribution in [1.82, 2.24) is 0 Å². The molecule has 1 fully saturated rings. The minimum Gasteiger partial charge on any atom is -0.488 e. The van der Waals surface area contributed by atoms with Gasteiger partial charge in [-0.3, -0.25) is 4.79 Å². The van der Waals surface area contributed by atoms with Crippen molar-refractivity contribution in [3.63, 3.8) is 0 Å². The number of benzene rings is 1. The van der Waals surface area contributed by atoms with Gasteiger partial charge >= 0.3 is 5.97 Å². The van der Waals surface area contributed by atoms with E-state index in [1.165, 1.54) is 36.7 Å². The van der Waals surface area contributed by atoms with Crippen molar-refractivity contribution in [1.29, 1.82) is 0 Å². The third kappa shape index (κ3) is 9.46. The van der Waals surface area contributed by atoms with E-state index in [0.717, 1.165) is 31.3 Å². The predicted molar refractivity (Wildman–Crippen MR) is 127 cm³/mol. The Kier molecular flexibility index (Phi) is 11.0. The number of carbonyl (C=O) groups is 1. The molecule has 0 radical (unpaired) electrons. The van der Waals surface area contributed by atoms with Crippen LogP contribution in [0.2, 0.25) is 0 Å². The fourth-order valence-corrected chi connectivity index (χ4v) is 3.33. The van der Waals surface area contributed by atoms with Gasteiger partial charge in [-0.15, -0.1) is 11.8 Å². The third-order valence-corrected chi connectivity index (χ3v) is 4.86. The van der Waals surface area contributed by atoms with Crippen LogP contribution in [0, 0.1) is 5.82 Å². The van der Waals surface area contributed by atoms with Gasteiger partial charge in [0.25, 0.3) is 0 Å². The van der Waals surface area contributed by atoms with Crippen LogP contribution in [0.25, 0.3) is 0 Å². The SMILES string of the molecule is CCOC(=O)C/C(C)=C/C(N=CN=CSC)=Nc1ccc(F)cc1OC1CCCCC1. The maximum Gasteiger partial charge on any atom is 0.309 e. The van der Waals surface area contributed by atoms with Crippen molar-refractivity contribution in [3.8, 4) is 5.75 Å². The van der Waals surface area contributed by atoms with Crippen LogP contribution in [0.1, 0.15) is 52.4 Å². The van der Waals surface area contributed by atoms with Crippen LogP contribution in [0.5, 0.6) is 5.75 Å². The van der Waals surface area contributed by atoms with E-state index in [2.05, 4.69) is 15.0 Å². The molecule has 6 nitrogen and oxygen atoms in total. The zero-order valence-corrected chi connectivity index (χ0v) is 19.2. The number of aliphatic imine (C=N–C) groups is 3. The van der Waals surface area contributed by atoms with E-state index < -0.39 is 0 Å². The largest absolute Gasteiger partial charge is 0.488 e. The summed E-state index contributed by atoms with van der Waals surface area (Å²) in [5.41, 5.74) is 2.86. The standard InChI is InChI=1S/C23H30FN3O3S/c1-4-29-23(28)13-17(2)12-22(26-15-25-16-31-3)27-20-11-10-18(24)14-21(20)30-19-8-6-5-7-9-19/h10-12,14-16,19H,4-9,13H2,1-3H3/b17-12+,25-16?,26-15?,27-22?. The Hall–Kier alpha value is -2.48. The van der Waals surface area contributed by atoms with Gasteiger partial charge in [-0.05, 0) is 64.0 Å². The summed E-state index contributed by atoms with van der Waals surface area (Å²) in [7, 11) is 0. The summed E-state index contributed by atoms with van der Waals surface area (Å²) in [6, 6.07) is 4.27. The van der Waals surface area contributed by atoms with E-state index in [9.17, 15) is 9.18 Å². The number of hydrogen-bond acceptors (Lipinski definition) is 5. The second-order valence-electron chi connectivity index (χ2n) is 7.17. The molecule has 0 N–H and O–H groups in total. The van der Waals surface area contributed by atoms with E-state index in [-0.39, 0.29) is 24.3 Å². The van der Waals surface area contributed by atoms with Gasteiger partial charge in [0.05, 0.1) is 24.7 Å². The van der Waals surface area contributed by atoms with Gasteiger partial charge in [0, 0.05) is 6.07 Å². The molecule has 1 aliphatic carbocycles. The van der Waals surface area contributed by atoms with E-state index in [0.29, 0.717) is 23.9 Å². The first kappa shape index (κ1) is 24.8. The predicted octanol–water partition coefficient (Wildman–Crippen LogP) is 5.89. The molecule has 0 aromatic heterocycles. The van der Waals surface area contributed by atoms with E-state index in [1.54, 1.807) is 31.5 Å². The lowest BCUT2D eigenvalue weighted by atomic mass is 9.98. The second kappa shape index (κ2) is 13.7. The van der Waals surface area contributed by atoms with E-state index in [4.69, 9.17) is 9.47 Å². The van der Waals surface area contributed by atoms with Gasteiger partial charge in [-0.2, -0.15) is 0 Å². The Morgan fingerprint density at radius 3 is 2.77 bits per heavy atom. The number of rotatable bonds is 9. The molecule has 0 bridgehead atoms. The molecule has 0 heterocycles. The Labute approximate surface area is 187 Å². The molecule has 0 unspecified atom stereocenters. The average Bonchev–Trinajstić information content (AvgIpc) is 2.73. The molecule has 1 saturated carbocycles. The summed E-state index contributed by atoms with van der Waals surface area (Å²) in [5.74, 6) is 0.0281. The first-order valence-electron chi connectivity index (χ1n) is 10.5. The maximum atomic E-state index is 13.9. The van der Waals surface area contributed by atoms with Crippen molar-refractivity contribution in [2.45, 2.75) is 58.5 Å². The summed E-state index contributed by atoms with van der Waals surface area (Å²) >= 11 is 1.45. The molecule has 0 amide bonds. The Balaban J connectivity index is 2.33. The average molecular weight is 448 g/mol. The van der Waals surface area contributed by atoms with Crippen LogP contribution in [-0.2, 0) is 9.53 Å². The molecule has 0 aliphatic heterocycles. The number of ether oxygens (including phenoxy) is 2. The van der Waals surface area contributed by atoms with E-state index >= 15 is 0 Å². The van der Waals surface area contributed by atoms with Gasteiger partial charge in [-0.1, -0.05) is 12.0 Å². The second-order valence-corrected chi connectivity index (χ2v) is 7.85. The van der Waals surface area contributed by atoms with Gasteiger partial charge in [0.2, 0.25) is 0 Å². The number of amidine groups is 1. The fourth-order valence-electron chi connectivity index (χ4n) is 3.15. The van der Waals surface area contributed by atoms with Crippen LogP contribution < -0.4 is 4.74 Å². The lowest BCUT2D eigenvalue weighted by molar-refractivity contribution is -0.142. The fraction of sp³-hybridized carbons (Fsp3) is 0.478. The highest BCUT2D eigenvalue weighted by atomic mass is 32.2. The van der Waals surface area contributed by atoms with Crippen molar-refractivity contribution < 1.29 is 18.7 Å².